The van der Waals surface area contributed by atoms with Crippen LogP contribution in [-0.4, -0.2) is 53.0 Å². The van der Waals surface area contributed by atoms with E-state index in [9.17, 15) is 14.0 Å². The van der Waals surface area contributed by atoms with E-state index in [1.165, 1.54) is 6.07 Å². The van der Waals surface area contributed by atoms with Gasteiger partial charge in [0.1, 0.15) is 16.2 Å². The van der Waals surface area contributed by atoms with E-state index in [0.29, 0.717) is 55.2 Å². The zero-order valence-electron chi connectivity index (χ0n) is 18.6. The molecule has 1 saturated heterocycles. The van der Waals surface area contributed by atoms with Gasteiger partial charge in [-0.1, -0.05) is 17.7 Å². The van der Waals surface area contributed by atoms with Crippen molar-refractivity contribution in [3.05, 3.63) is 68.1 Å². The van der Waals surface area contributed by atoms with Crippen LogP contribution in [0.5, 0.6) is 0 Å². The van der Waals surface area contributed by atoms with Crippen LogP contribution in [0.4, 0.5) is 14.5 Å². The Labute approximate surface area is 199 Å². The minimum atomic E-state index is -0.712. The zero-order valence-corrected chi connectivity index (χ0v) is 19.4. The molecule has 1 amide bonds. The molecule has 2 heterocycles. The van der Waals surface area contributed by atoms with Crippen LogP contribution in [0.25, 0.3) is 11.0 Å². The lowest BCUT2D eigenvalue weighted by Gasteiger charge is -2.36. The van der Waals surface area contributed by atoms with Crippen LogP contribution in [-0.2, 0) is 6.54 Å². The van der Waals surface area contributed by atoms with Crippen molar-refractivity contribution in [1.82, 2.24) is 20.2 Å². The molecule has 34 heavy (non-hydrogen) atoms. The van der Waals surface area contributed by atoms with Gasteiger partial charge in [0, 0.05) is 44.3 Å². The fraction of sp³-hybridized carbons (Fsp3) is 0.375. The highest BCUT2D eigenvalue weighted by Gasteiger charge is 2.27. The maximum absolute atomic E-state index is 15.0. The van der Waals surface area contributed by atoms with Crippen molar-refractivity contribution in [2.75, 3.05) is 31.1 Å². The van der Waals surface area contributed by atoms with E-state index in [-0.39, 0.29) is 22.1 Å². The molecule has 0 atom stereocenters. The number of halogens is 3. The molecule has 1 aromatic heterocycles. The highest BCUT2D eigenvalue weighted by Crippen LogP contribution is 2.32. The van der Waals surface area contributed by atoms with Gasteiger partial charge in [0.2, 0.25) is 0 Å². The van der Waals surface area contributed by atoms with Gasteiger partial charge in [-0.15, -0.1) is 0 Å². The van der Waals surface area contributed by atoms with Gasteiger partial charge in [-0.2, -0.15) is 0 Å². The number of rotatable bonds is 5. The number of aryl methyl sites for hydroxylation is 1. The van der Waals surface area contributed by atoms with Crippen molar-refractivity contribution >= 4 is 34.2 Å². The second-order valence-corrected chi connectivity index (χ2v) is 9.23. The summed E-state index contributed by atoms with van der Waals surface area (Å²) in [5.41, 5.74) is 1.37. The third-order valence-electron chi connectivity index (χ3n) is 6.38. The SMILES string of the molecule is Cc1nc2ccc(CN3CCN(c4ccc(C(=O)NC5CC5)c(F)c4Cl)CC3)c(F)c2[nH]c1=O. The van der Waals surface area contributed by atoms with Crippen molar-refractivity contribution < 1.29 is 13.6 Å². The quantitative estimate of drug-likeness (QED) is 0.576. The summed E-state index contributed by atoms with van der Waals surface area (Å²) in [6.45, 7) is 4.31. The highest BCUT2D eigenvalue weighted by atomic mass is 35.5. The fourth-order valence-corrected chi connectivity index (χ4v) is 4.50. The predicted molar refractivity (Wildman–Crippen MR) is 126 cm³/mol. The number of fused-ring (bicyclic) bond motifs is 1. The molecule has 5 rings (SSSR count). The van der Waals surface area contributed by atoms with Crippen LogP contribution < -0.4 is 15.8 Å². The number of hydrogen-bond acceptors (Lipinski definition) is 5. The topological polar surface area (TPSA) is 81.3 Å². The molecule has 1 aliphatic carbocycles. The van der Waals surface area contributed by atoms with E-state index in [1.54, 1.807) is 25.1 Å². The van der Waals surface area contributed by atoms with Gasteiger partial charge in [0.15, 0.2) is 11.6 Å². The number of benzene rings is 2. The number of amides is 1. The van der Waals surface area contributed by atoms with E-state index in [1.807, 2.05) is 4.90 Å². The monoisotopic (exact) mass is 487 g/mol. The minimum Gasteiger partial charge on any atom is -0.368 e. The largest absolute Gasteiger partial charge is 0.368 e. The van der Waals surface area contributed by atoms with Crippen LogP contribution in [0.1, 0.15) is 34.5 Å². The number of nitrogens with one attached hydrogen (secondary N) is 2. The number of hydrogen-bond donors (Lipinski definition) is 2. The van der Waals surface area contributed by atoms with Crippen molar-refractivity contribution in [1.29, 1.82) is 0 Å². The smallest absolute Gasteiger partial charge is 0.269 e. The first-order chi connectivity index (χ1) is 16.3. The van der Waals surface area contributed by atoms with Gasteiger partial charge in [-0.05, 0) is 38.0 Å². The molecule has 0 unspecified atom stereocenters. The summed E-state index contributed by atoms with van der Waals surface area (Å²) in [6.07, 6.45) is 1.84. The zero-order chi connectivity index (χ0) is 24.0. The maximum atomic E-state index is 15.0. The Kier molecular flexibility index (Phi) is 5.99. The summed E-state index contributed by atoms with van der Waals surface area (Å²) >= 11 is 6.30. The average molecular weight is 488 g/mol. The Morgan fingerprint density at radius 1 is 1.15 bits per heavy atom. The normalized spacial score (nSPS) is 16.8. The van der Waals surface area contributed by atoms with Gasteiger partial charge in [-0.3, -0.25) is 14.5 Å². The van der Waals surface area contributed by atoms with E-state index in [2.05, 4.69) is 20.2 Å². The number of aromatic nitrogens is 2. The molecule has 2 aliphatic rings. The molecule has 7 nitrogen and oxygen atoms in total. The number of carbonyl (C=O) groups excluding carboxylic acids is 1. The summed E-state index contributed by atoms with van der Waals surface area (Å²) in [4.78, 5) is 34.9. The van der Waals surface area contributed by atoms with E-state index >= 15 is 4.39 Å². The number of anilines is 1. The lowest BCUT2D eigenvalue weighted by Crippen LogP contribution is -2.46. The highest BCUT2D eigenvalue weighted by molar-refractivity contribution is 6.33. The average Bonchev–Trinajstić information content (AvgIpc) is 3.63. The standard InChI is InChI=1S/C24H24ClF2N5O2/c1-13-23(33)30-22-17(28-13)6-2-14(20(22)26)12-31-8-10-32(11-9-31)18-7-5-16(21(27)19(18)25)24(34)29-15-3-4-15/h2,5-7,15H,3-4,8-12H2,1H3,(H,29,34)(H,30,33). The molecule has 0 spiro atoms. The van der Waals surface area contributed by atoms with Crippen LogP contribution in [0.2, 0.25) is 5.02 Å². The summed E-state index contributed by atoms with van der Waals surface area (Å²) < 4.78 is 29.8. The first kappa shape index (κ1) is 22.7. The minimum absolute atomic E-state index is 0.0474. The van der Waals surface area contributed by atoms with Crippen molar-refractivity contribution in [2.45, 2.75) is 32.4 Å². The Hall–Kier alpha value is -3.04. The van der Waals surface area contributed by atoms with Gasteiger partial charge < -0.3 is 15.2 Å². The first-order valence-electron chi connectivity index (χ1n) is 11.3. The molecule has 1 saturated carbocycles. The molecule has 2 N–H and O–H groups in total. The predicted octanol–water partition coefficient (Wildman–Crippen LogP) is 3.38. The van der Waals surface area contributed by atoms with E-state index in [0.717, 1.165) is 12.8 Å². The van der Waals surface area contributed by atoms with Gasteiger partial charge >= 0.3 is 0 Å². The van der Waals surface area contributed by atoms with Crippen LogP contribution in [0.3, 0.4) is 0 Å². The molecular formula is C24H24ClF2N5O2. The number of aromatic amines is 1. The van der Waals surface area contributed by atoms with Gasteiger partial charge in [0.05, 0.1) is 16.8 Å². The third kappa shape index (κ3) is 4.37. The van der Waals surface area contributed by atoms with Crippen LogP contribution >= 0.6 is 11.6 Å². The van der Waals surface area contributed by atoms with E-state index < -0.39 is 23.1 Å². The van der Waals surface area contributed by atoms with E-state index in [4.69, 9.17) is 11.6 Å². The number of H-pyrrole nitrogens is 1. The number of nitrogens with zero attached hydrogens (tertiary/aromatic N) is 3. The van der Waals surface area contributed by atoms with Crippen LogP contribution in [0, 0.1) is 18.6 Å². The third-order valence-corrected chi connectivity index (χ3v) is 6.74. The van der Waals surface area contributed by atoms with Crippen molar-refractivity contribution in [3.8, 4) is 0 Å². The van der Waals surface area contributed by atoms with Gasteiger partial charge in [0.25, 0.3) is 11.5 Å². The molecular weight excluding hydrogens is 464 g/mol. The van der Waals surface area contributed by atoms with Crippen LogP contribution in [0.15, 0.2) is 29.1 Å². The lowest BCUT2D eigenvalue weighted by atomic mass is 10.1. The Balaban J connectivity index is 1.26. The molecule has 178 valence electrons. The molecule has 10 heteroatoms. The lowest BCUT2D eigenvalue weighted by molar-refractivity contribution is 0.0947. The Bertz CT molecular complexity index is 1330. The molecule has 0 bridgehead atoms. The first-order valence-corrected chi connectivity index (χ1v) is 11.6. The molecule has 2 aromatic carbocycles. The number of piperazine rings is 1. The second-order valence-electron chi connectivity index (χ2n) is 8.86. The molecule has 1 aliphatic heterocycles. The number of carbonyl (C=O) groups is 1. The Morgan fingerprint density at radius 2 is 1.88 bits per heavy atom. The summed E-state index contributed by atoms with van der Waals surface area (Å²) in [5.74, 6) is -1.63. The summed E-state index contributed by atoms with van der Waals surface area (Å²) in [6, 6.07) is 6.67. The molecule has 3 aromatic rings. The summed E-state index contributed by atoms with van der Waals surface area (Å²) in [7, 11) is 0. The molecule has 2 fully saturated rings. The fourth-order valence-electron chi connectivity index (χ4n) is 4.22. The van der Waals surface area contributed by atoms with Crippen molar-refractivity contribution in [2.24, 2.45) is 0 Å². The van der Waals surface area contributed by atoms with Crippen molar-refractivity contribution in [3.63, 3.8) is 0 Å². The summed E-state index contributed by atoms with van der Waals surface area (Å²) in [5, 5.41) is 2.71. The van der Waals surface area contributed by atoms with Gasteiger partial charge in [-0.25, -0.2) is 13.8 Å². The molecule has 0 radical (unpaired) electrons. The Morgan fingerprint density at radius 3 is 2.59 bits per heavy atom. The maximum Gasteiger partial charge on any atom is 0.269 e. The second kappa shape index (κ2) is 8.96.